The van der Waals surface area contributed by atoms with Crippen molar-refractivity contribution in [3.05, 3.63) is 29.3 Å². The number of piperazine rings is 1. The van der Waals surface area contributed by atoms with Gasteiger partial charge < -0.3 is 15.2 Å². The van der Waals surface area contributed by atoms with Gasteiger partial charge in [0, 0.05) is 25.8 Å². The van der Waals surface area contributed by atoms with Crippen molar-refractivity contribution in [2.24, 2.45) is 0 Å². The molecule has 1 heterocycles. The Bertz CT molecular complexity index is 609. The molecule has 5 heteroatoms. The van der Waals surface area contributed by atoms with Gasteiger partial charge in [-0.3, -0.25) is 9.38 Å². The number of nitrogens with one attached hydrogen (secondary N) is 1. The Labute approximate surface area is 145 Å². The van der Waals surface area contributed by atoms with Crippen LogP contribution in [0.4, 0.5) is 10.5 Å². The lowest BCUT2D eigenvalue weighted by molar-refractivity contribution is -0.943. The number of carboxylic acid groups (broad SMARTS) is 1. The number of rotatable bonds is 3. The summed E-state index contributed by atoms with van der Waals surface area (Å²) in [7, 11) is 1.92. The Balaban J connectivity index is 2.15. The van der Waals surface area contributed by atoms with Crippen molar-refractivity contribution in [3.8, 4) is 0 Å². The summed E-state index contributed by atoms with van der Waals surface area (Å²) in [5.74, 6) is 0. The molecule has 1 fully saturated rings. The number of carbonyl (C=O) groups is 1. The highest BCUT2D eigenvalue weighted by Gasteiger charge is 2.49. The average Bonchev–Trinajstić information content (AvgIpc) is 2.47. The number of benzene rings is 1. The lowest BCUT2D eigenvalue weighted by atomic mass is 9.95. The van der Waals surface area contributed by atoms with E-state index in [0.29, 0.717) is 6.54 Å². The molecule has 0 spiro atoms. The van der Waals surface area contributed by atoms with Crippen LogP contribution in [0.2, 0.25) is 0 Å². The number of hydrogen-bond donors (Lipinski definition) is 1. The number of carbonyl (C=O) groups excluding carboxylic acids is 1. The summed E-state index contributed by atoms with van der Waals surface area (Å²) in [6.07, 6.45) is -0.954. The number of aryl methyl sites for hydroxylation is 1. The Kier molecular flexibility index (Phi) is 5.25. The lowest BCUT2D eigenvalue weighted by Crippen LogP contribution is -2.76. The van der Waals surface area contributed by atoms with E-state index in [9.17, 15) is 9.90 Å². The Hall–Kier alpha value is -1.59. The van der Waals surface area contributed by atoms with E-state index in [1.54, 1.807) is 0 Å². The fraction of sp³-hybridized carbons (Fsp3) is 0.632. The maximum atomic E-state index is 12.0. The maximum absolute atomic E-state index is 12.0. The largest absolute Gasteiger partial charge is 0.498 e. The van der Waals surface area contributed by atoms with Crippen molar-refractivity contribution in [2.45, 2.75) is 52.7 Å². The van der Waals surface area contributed by atoms with Gasteiger partial charge in [-0.25, -0.2) is 0 Å². The molecule has 1 aromatic rings. The van der Waals surface area contributed by atoms with Gasteiger partial charge in [0.1, 0.15) is 6.04 Å². The second kappa shape index (κ2) is 6.73. The van der Waals surface area contributed by atoms with E-state index >= 15 is 0 Å². The number of anilines is 1. The topological polar surface area (TPSA) is 55.4 Å². The van der Waals surface area contributed by atoms with E-state index in [1.165, 1.54) is 11.1 Å². The van der Waals surface area contributed by atoms with Gasteiger partial charge in [-0.15, -0.1) is 0 Å². The van der Waals surface area contributed by atoms with Gasteiger partial charge in [-0.05, 0) is 57.9 Å². The molecule has 0 aliphatic carbocycles. The minimum Gasteiger partial charge on any atom is -0.498 e. The third-order valence-electron chi connectivity index (χ3n) is 5.59. The summed E-state index contributed by atoms with van der Waals surface area (Å²) in [5, 5.41) is 15.1. The lowest BCUT2D eigenvalue weighted by Gasteiger charge is -2.55. The highest BCUT2D eigenvalue weighted by Crippen LogP contribution is 2.32. The number of amides is 1. The third kappa shape index (κ3) is 3.28. The van der Waals surface area contributed by atoms with Gasteiger partial charge in [0.05, 0.1) is 18.6 Å². The van der Waals surface area contributed by atoms with Crippen LogP contribution in [0, 0.1) is 6.92 Å². The van der Waals surface area contributed by atoms with Gasteiger partial charge in [0.25, 0.3) is 6.09 Å². The molecule has 1 aliphatic heterocycles. The standard InChI is InChI=1S/C19H31N3O2/c1-14-11-17(20-6)8-7-16(14)13-21-9-10-22(18(23)24,15(2)12-21)19(3,4)5/h7-8,11,15,20H,9-10,12-13H2,1-6H3/t15-,22?/m0/s1. The van der Waals surface area contributed by atoms with Crippen LogP contribution in [0.3, 0.4) is 0 Å². The zero-order valence-corrected chi connectivity index (χ0v) is 15.8. The van der Waals surface area contributed by atoms with Crippen LogP contribution in [-0.2, 0) is 6.54 Å². The van der Waals surface area contributed by atoms with E-state index in [1.807, 2.05) is 34.7 Å². The van der Waals surface area contributed by atoms with Gasteiger partial charge in [0.15, 0.2) is 0 Å². The number of quaternary nitrogens is 1. The van der Waals surface area contributed by atoms with Gasteiger partial charge >= 0.3 is 0 Å². The summed E-state index contributed by atoms with van der Waals surface area (Å²) >= 11 is 0. The predicted molar refractivity (Wildman–Crippen MR) is 95.7 cm³/mol. The van der Waals surface area contributed by atoms with Crippen LogP contribution < -0.4 is 10.4 Å². The summed E-state index contributed by atoms with van der Waals surface area (Å²) in [6.45, 7) is 13.1. The fourth-order valence-electron chi connectivity index (χ4n) is 4.08. The molecule has 0 saturated carbocycles. The monoisotopic (exact) mass is 333 g/mol. The fourth-order valence-corrected chi connectivity index (χ4v) is 4.08. The van der Waals surface area contributed by atoms with Crippen LogP contribution >= 0.6 is 0 Å². The normalized spacial score (nSPS) is 25.5. The first-order valence-corrected chi connectivity index (χ1v) is 8.71. The zero-order valence-electron chi connectivity index (χ0n) is 15.8. The second-order valence-electron chi connectivity index (χ2n) is 8.00. The van der Waals surface area contributed by atoms with E-state index < -0.39 is 6.09 Å². The molecule has 1 aromatic carbocycles. The van der Waals surface area contributed by atoms with E-state index in [-0.39, 0.29) is 16.1 Å². The molecule has 2 atom stereocenters. The van der Waals surface area contributed by atoms with Crippen LogP contribution in [0.25, 0.3) is 0 Å². The van der Waals surface area contributed by atoms with Crippen molar-refractivity contribution in [1.82, 2.24) is 4.90 Å². The van der Waals surface area contributed by atoms with E-state index in [0.717, 1.165) is 25.3 Å². The molecule has 134 valence electrons. The van der Waals surface area contributed by atoms with Gasteiger partial charge in [0.2, 0.25) is 0 Å². The maximum Gasteiger partial charge on any atom is 0.258 e. The Morgan fingerprint density at radius 3 is 2.54 bits per heavy atom. The quantitative estimate of drug-likeness (QED) is 0.862. The van der Waals surface area contributed by atoms with Crippen molar-refractivity contribution in [3.63, 3.8) is 0 Å². The molecule has 1 amide bonds. The van der Waals surface area contributed by atoms with Gasteiger partial charge in [-0.2, -0.15) is 0 Å². The highest BCUT2D eigenvalue weighted by molar-refractivity contribution is 5.55. The zero-order chi connectivity index (χ0) is 18.1. The predicted octanol–water partition coefficient (Wildman–Crippen LogP) is 2.20. The molecule has 24 heavy (non-hydrogen) atoms. The van der Waals surface area contributed by atoms with Crippen molar-refractivity contribution in [1.29, 1.82) is 0 Å². The number of hydrogen-bond acceptors (Lipinski definition) is 4. The highest BCUT2D eigenvalue weighted by atomic mass is 16.4. The summed E-state index contributed by atoms with van der Waals surface area (Å²) in [6, 6.07) is 6.40. The number of nitrogens with zero attached hydrogens (tertiary/aromatic N) is 2. The minimum atomic E-state index is -0.954. The summed E-state index contributed by atoms with van der Waals surface area (Å²) in [5.41, 5.74) is 3.31. The molecule has 2 rings (SSSR count). The molecule has 1 N–H and O–H groups in total. The van der Waals surface area contributed by atoms with Crippen LogP contribution in [0.1, 0.15) is 38.8 Å². The smallest absolute Gasteiger partial charge is 0.258 e. The van der Waals surface area contributed by atoms with Crippen LogP contribution in [0.15, 0.2) is 18.2 Å². The molecule has 0 radical (unpaired) electrons. The van der Waals surface area contributed by atoms with Crippen molar-refractivity contribution < 1.29 is 14.4 Å². The minimum absolute atomic E-state index is 0.000591. The molecular weight excluding hydrogens is 302 g/mol. The van der Waals surface area contributed by atoms with E-state index in [4.69, 9.17) is 0 Å². The van der Waals surface area contributed by atoms with Gasteiger partial charge in [-0.1, -0.05) is 6.07 Å². The summed E-state index contributed by atoms with van der Waals surface area (Å²) in [4.78, 5) is 14.3. The molecule has 1 aliphatic rings. The average molecular weight is 333 g/mol. The molecule has 1 saturated heterocycles. The van der Waals surface area contributed by atoms with Crippen molar-refractivity contribution in [2.75, 3.05) is 32.0 Å². The second-order valence-corrected chi connectivity index (χ2v) is 8.00. The Morgan fingerprint density at radius 2 is 2.08 bits per heavy atom. The first-order valence-electron chi connectivity index (χ1n) is 8.71. The molecular formula is C19H31N3O2. The van der Waals surface area contributed by atoms with Crippen LogP contribution in [0.5, 0.6) is 0 Å². The first-order chi connectivity index (χ1) is 11.1. The molecule has 0 bridgehead atoms. The molecule has 1 unspecified atom stereocenters. The molecule has 5 nitrogen and oxygen atoms in total. The SMILES string of the molecule is CNc1ccc(CN2CC[N+](C(=O)[O-])(C(C)(C)C)[C@@H](C)C2)c(C)c1. The Morgan fingerprint density at radius 1 is 1.42 bits per heavy atom. The first kappa shape index (κ1) is 18.7. The third-order valence-corrected chi connectivity index (χ3v) is 5.59. The van der Waals surface area contributed by atoms with Crippen LogP contribution in [-0.4, -0.2) is 53.7 Å². The van der Waals surface area contributed by atoms with E-state index in [2.05, 4.69) is 35.3 Å². The van der Waals surface area contributed by atoms with Crippen molar-refractivity contribution >= 4 is 11.8 Å². The summed E-state index contributed by atoms with van der Waals surface area (Å²) < 4.78 is 0.0289. The molecule has 0 aromatic heterocycles.